The van der Waals surface area contributed by atoms with E-state index in [9.17, 15) is 9.59 Å². The molecule has 26 heavy (non-hydrogen) atoms. The van der Waals surface area contributed by atoms with Crippen molar-refractivity contribution in [3.8, 4) is 0 Å². The van der Waals surface area contributed by atoms with Gasteiger partial charge < -0.3 is 32.4 Å². The van der Waals surface area contributed by atoms with Crippen LogP contribution in [0.15, 0.2) is 48.5 Å². The fourth-order valence-corrected chi connectivity index (χ4v) is 2.07. The number of aldehydes is 1. The van der Waals surface area contributed by atoms with E-state index in [-0.39, 0.29) is 17.5 Å². The second-order valence-electron chi connectivity index (χ2n) is 5.07. The van der Waals surface area contributed by atoms with Crippen molar-refractivity contribution in [2.45, 2.75) is 20.0 Å². The highest BCUT2D eigenvalue weighted by Gasteiger charge is 2.18. The fourth-order valence-electron chi connectivity index (χ4n) is 2.07. The standard InChI is InChI=1S/C9H10N2O.C7H8N2O.C2H4O.H2O/c1-6-10-8-5-3-2-4-7(8)9(12)11-6;8-6-4-2-1-3-5(6)7(9)10;1-2-3;/h2-6,10H,1H3,(H,11,12);1-4H,8H2,(H2,9,10);2H,1H3;1H2. The summed E-state index contributed by atoms with van der Waals surface area (Å²) in [4.78, 5) is 30.7. The van der Waals surface area contributed by atoms with Gasteiger partial charge in [0, 0.05) is 11.4 Å². The Kier molecular flexibility index (Phi) is 9.75. The van der Waals surface area contributed by atoms with Crippen LogP contribution in [-0.2, 0) is 4.79 Å². The number of anilines is 2. The van der Waals surface area contributed by atoms with E-state index in [0.29, 0.717) is 11.3 Å². The van der Waals surface area contributed by atoms with Crippen molar-refractivity contribution in [2.75, 3.05) is 11.1 Å². The molecule has 1 atom stereocenters. The van der Waals surface area contributed by atoms with E-state index in [1.165, 1.54) is 6.92 Å². The van der Waals surface area contributed by atoms with Gasteiger partial charge in [-0.2, -0.15) is 0 Å². The number of amides is 2. The van der Waals surface area contributed by atoms with E-state index < -0.39 is 5.91 Å². The summed E-state index contributed by atoms with van der Waals surface area (Å²) in [6.45, 7) is 3.36. The Morgan fingerprint density at radius 1 is 1.08 bits per heavy atom. The van der Waals surface area contributed by atoms with Gasteiger partial charge in [-0.1, -0.05) is 24.3 Å². The van der Waals surface area contributed by atoms with Crippen molar-refractivity contribution in [3.05, 3.63) is 59.7 Å². The third-order valence-electron chi connectivity index (χ3n) is 3.12. The minimum absolute atomic E-state index is 0. The SMILES string of the molecule is CC1NC(=O)c2ccccc2N1.CC=O.NC(=O)c1ccccc1N.O. The molecule has 2 amide bonds. The molecule has 0 bridgehead atoms. The van der Waals surface area contributed by atoms with E-state index >= 15 is 0 Å². The molecule has 0 saturated carbocycles. The normalized spacial score (nSPS) is 13.6. The molecule has 0 radical (unpaired) electrons. The molecule has 0 saturated heterocycles. The average molecular weight is 360 g/mol. The number of nitrogen functional groups attached to an aromatic ring is 1. The Labute approximate surface area is 151 Å². The van der Waals surface area contributed by atoms with Gasteiger partial charge in [0.1, 0.15) is 6.29 Å². The maximum absolute atomic E-state index is 11.3. The molecule has 0 aliphatic carbocycles. The first-order chi connectivity index (χ1) is 11.9. The van der Waals surface area contributed by atoms with Crippen LogP contribution < -0.4 is 22.1 Å². The van der Waals surface area contributed by atoms with Crippen molar-refractivity contribution >= 4 is 29.5 Å². The molecule has 3 rings (SSSR count). The van der Waals surface area contributed by atoms with Gasteiger partial charge in [0.05, 0.1) is 17.3 Å². The van der Waals surface area contributed by atoms with Gasteiger partial charge >= 0.3 is 0 Å². The summed E-state index contributed by atoms with van der Waals surface area (Å²) < 4.78 is 0. The van der Waals surface area contributed by atoms with Gasteiger partial charge in [-0.3, -0.25) is 9.59 Å². The molecule has 1 aliphatic rings. The van der Waals surface area contributed by atoms with E-state index in [1.807, 2.05) is 31.2 Å². The third kappa shape index (κ3) is 6.62. The Bertz CT molecular complexity index is 749. The number of fused-ring (bicyclic) bond motifs is 1. The van der Waals surface area contributed by atoms with Crippen molar-refractivity contribution in [1.82, 2.24) is 5.32 Å². The number of primary amides is 1. The lowest BCUT2D eigenvalue weighted by atomic mass is 10.1. The summed E-state index contributed by atoms with van der Waals surface area (Å²) in [7, 11) is 0. The van der Waals surface area contributed by atoms with Crippen LogP contribution in [0.1, 0.15) is 34.6 Å². The predicted molar refractivity (Wildman–Crippen MR) is 102 cm³/mol. The highest BCUT2D eigenvalue weighted by molar-refractivity contribution is 6.01. The number of rotatable bonds is 1. The summed E-state index contributed by atoms with van der Waals surface area (Å²) in [6, 6.07) is 14.2. The van der Waals surface area contributed by atoms with Crippen LogP contribution in [0.5, 0.6) is 0 Å². The van der Waals surface area contributed by atoms with Crippen molar-refractivity contribution in [1.29, 1.82) is 0 Å². The number of nitrogens with one attached hydrogen (secondary N) is 2. The van der Waals surface area contributed by atoms with Crippen LogP contribution in [0.25, 0.3) is 0 Å². The van der Waals surface area contributed by atoms with Gasteiger partial charge in [-0.05, 0) is 38.1 Å². The molecular formula is C18H24N4O4. The topological polar surface area (TPSA) is 159 Å². The molecule has 140 valence electrons. The number of carbonyl (C=O) groups excluding carboxylic acids is 3. The first kappa shape index (κ1) is 22.6. The highest BCUT2D eigenvalue weighted by Crippen LogP contribution is 2.18. The minimum atomic E-state index is -0.488. The van der Waals surface area contributed by atoms with Crippen LogP contribution in [-0.4, -0.2) is 29.7 Å². The number of carbonyl (C=O) groups is 3. The first-order valence-corrected chi connectivity index (χ1v) is 7.61. The fraction of sp³-hybridized carbons (Fsp3) is 0.167. The summed E-state index contributed by atoms with van der Waals surface area (Å²) in [6.07, 6.45) is 0.771. The molecular weight excluding hydrogens is 336 g/mol. The third-order valence-corrected chi connectivity index (χ3v) is 3.12. The zero-order chi connectivity index (χ0) is 18.8. The maximum atomic E-state index is 11.3. The monoisotopic (exact) mass is 360 g/mol. The molecule has 8 nitrogen and oxygen atoms in total. The van der Waals surface area contributed by atoms with Crippen LogP contribution in [0, 0.1) is 0 Å². The second kappa shape index (κ2) is 11.2. The van der Waals surface area contributed by atoms with Crippen LogP contribution >= 0.6 is 0 Å². The van der Waals surface area contributed by atoms with Gasteiger partial charge in [0.2, 0.25) is 0 Å². The van der Waals surface area contributed by atoms with Crippen LogP contribution in [0.2, 0.25) is 0 Å². The molecule has 0 aromatic heterocycles. The number of nitrogens with two attached hydrogens (primary N) is 2. The van der Waals surface area contributed by atoms with E-state index in [1.54, 1.807) is 24.3 Å². The lowest BCUT2D eigenvalue weighted by Gasteiger charge is -2.24. The number of hydrogen-bond acceptors (Lipinski definition) is 5. The Morgan fingerprint density at radius 2 is 1.62 bits per heavy atom. The summed E-state index contributed by atoms with van der Waals surface area (Å²) in [5.74, 6) is -0.491. The van der Waals surface area contributed by atoms with E-state index in [4.69, 9.17) is 16.3 Å². The zero-order valence-electron chi connectivity index (χ0n) is 14.7. The number of benzene rings is 2. The molecule has 1 unspecified atom stereocenters. The number of hydrogen-bond donors (Lipinski definition) is 4. The molecule has 2 aromatic rings. The maximum Gasteiger partial charge on any atom is 0.254 e. The van der Waals surface area contributed by atoms with Gasteiger partial charge in [-0.15, -0.1) is 0 Å². The van der Waals surface area contributed by atoms with Crippen LogP contribution in [0.4, 0.5) is 11.4 Å². The smallest absolute Gasteiger partial charge is 0.254 e. The molecule has 0 spiro atoms. The molecule has 8 N–H and O–H groups in total. The first-order valence-electron chi connectivity index (χ1n) is 7.61. The minimum Gasteiger partial charge on any atom is -0.412 e. The molecule has 0 fully saturated rings. The van der Waals surface area contributed by atoms with Gasteiger partial charge in [0.25, 0.3) is 11.8 Å². The summed E-state index contributed by atoms with van der Waals surface area (Å²) in [5.41, 5.74) is 12.8. The van der Waals surface area contributed by atoms with Gasteiger partial charge in [-0.25, -0.2) is 0 Å². The Morgan fingerprint density at radius 3 is 2.15 bits per heavy atom. The number of para-hydroxylation sites is 2. The van der Waals surface area contributed by atoms with Crippen molar-refractivity contribution in [2.24, 2.45) is 5.73 Å². The van der Waals surface area contributed by atoms with Crippen molar-refractivity contribution < 1.29 is 19.9 Å². The van der Waals surface area contributed by atoms with E-state index in [0.717, 1.165) is 17.5 Å². The van der Waals surface area contributed by atoms with Crippen molar-refractivity contribution in [3.63, 3.8) is 0 Å². The Balaban J connectivity index is 0.000000410. The predicted octanol–water partition coefficient (Wildman–Crippen LogP) is 0.936. The highest BCUT2D eigenvalue weighted by atomic mass is 16.2. The average Bonchev–Trinajstić information content (AvgIpc) is 2.56. The lowest BCUT2D eigenvalue weighted by molar-refractivity contribution is -0.106. The second-order valence-corrected chi connectivity index (χ2v) is 5.07. The van der Waals surface area contributed by atoms with Crippen LogP contribution in [0.3, 0.4) is 0 Å². The molecule has 1 heterocycles. The summed E-state index contributed by atoms with van der Waals surface area (Å²) in [5, 5.41) is 5.94. The largest absolute Gasteiger partial charge is 0.412 e. The Hall–Kier alpha value is -3.39. The molecule has 1 aliphatic heterocycles. The molecule has 8 heteroatoms. The molecule has 2 aromatic carbocycles. The van der Waals surface area contributed by atoms with Gasteiger partial charge in [0.15, 0.2) is 0 Å². The lowest BCUT2D eigenvalue weighted by Crippen LogP contribution is -2.42. The zero-order valence-corrected chi connectivity index (χ0v) is 14.7. The quantitative estimate of drug-likeness (QED) is 0.439. The van der Waals surface area contributed by atoms with E-state index in [2.05, 4.69) is 10.6 Å². The summed E-state index contributed by atoms with van der Waals surface area (Å²) >= 11 is 0.